The number of hydrogen-bond acceptors (Lipinski definition) is 3. The van der Waals surface area contributed by atoms with E-state index in [0.717, 1.165) is 30.3 Å². The van der Waals surface area contributed by atoms with Crippen molar-refractivity contribution in [3.05, 3.63) is 95.6 Å². The molecule has 1 aliphatic heterocycles. The van der Waals surface area contributed by atoms with E-state index in [1.54, 1.807) is 11.8 Å². The fourth-order valence-corrected chi connectivity index (χ4v) is 4.92. The van der Waals surface area contributed by atoms with Crippen LogP contribution in [0, 0.1) is 5.92 Å². The van der Waals surface area contributed by atoms with Crippen molar-refractivity contribution in [2.45, 2.75) is 43.4 Å². The van der Waals surface area contributed by atoms with Gasteiger partial charge in [0.2, 0.25) is 0 Å². The van der Waals surface area contributed by atoms with Crippen LogP contribution in [0.2, 0.25) is 0 Å². The van der Waals surface area contributed by atoms with Crippen LogP contribution in [0.4, 0.5) is 5.69 Å². The third kappa shape index (κ3) is 5.95. The first-order chi connectivity index (χ1) is 15.6. The molecule has 0 spiro atoms. The second-order valence-electron chi connectivity index (χ2n) is 8.75. The molecule has 1 N–H and O–H groups in total. The molecule has 4 rings (SSSR count). The van der Waals surface area contributed by atoms with Crippen molar-refractivity contribution in [3.63, 3.8) is 0 Å². The highest BCUT2D eigenvalue weighted by Crippen LogP contribution is 2.25. The van der Waals surface area contributed by atoms with Gasteiger partial charge in [0.15, 0.2) is 0 Å². The second-order valence-corrected chi connectivity index (χ2v) is 9.80. The number of benzene rings is 3. The number of amides is 1. The first-order valence-electron chi connectivity index (χ1n) is 11.5. The summed E-state index contributed by atoms with van der Waals surface area (Å²) in [5, 5.41) is 3.14. The molecule has 1 heterocycles. The Morgan fingerprint density at radius 3 is 2.28 bits per heavy atom. The number of carbonyl (C=O) groups excluding carboxylic acids is 1. The number of hydrogen-bond donors (Lipinski definition) is 1. The summed E-state index contributed by atoms with van der Waals surface area (Å²) in [6.45, 7) is 6.64. The number of nitrogens with one attached hydrogen (secondary N) is 1. The Hall–Kier alpha value is -2.72. The van der Waals surface area contributed by atoms with E-state index >= 15 is 0 Å². The van der Waals surface area contributed by atoms with Crippen LogP contribution in [-0.4, -0.2) is 19.0 Å². The molecule has 3 aromatic rings. The Morgan fingerprint density at radius 2 is 1.62 bits per heavy atom. The lowest BCUT2D eigenvalue weighted by Crippen LogP contribution is -2.32. The monoisotopic (exact) mass is 444 g/mol. The van der Waals surface area contributed by atoms with Crippen LogP contribution in [0.3, 0.4) is 0 Å². The van der Waals surface area contributed by atoms with E-state index in [-0.39, 0.29) is 11.9 Å². The van der Waals surface area contributed by atoms with Gasteiger partial charge in [-0.2, -0.15) is 0 Å². The summed E-state index contributed by atoms with van der Waals surface area (Å²) in [6, 6.07) is 26.9. The quantitative estimate of drug-likeness (QED) is 0.411. The van der Waals surface area contributed by atoms with Gasteiger partial charge in [0, 0.05) is 35.0 Å². The zero-order chi connectivity index (χ0) is 22.3. The van der Waals surface area contributed by atoms with Gasteiger partial charge in [0.1, 0.15) is 0 Å². The van der Waals surface area contributed by atoms with Crippen molar-refractivity contribution in [2.24, 2.45) is 5.92 Å². The van der Waals surface area contributed by atoms with Gasteiger partial charge in [-0.05, 0) is 73.2 Å². The molecular formula is C28H32N2OS. The van der Waals surface area contributed by atoms with Crippen molar-refractivity contribution in [2.75, 3.05) is 18.0 Å². The Kier molecular flexibility index (Phi) is 7.54. The third-order valence-electron chi connectivity index (χ3n) is 6.25. The highest BCUT2D eigenvalue weighted by atomic mass is 32.2. The third-order valence-corrected chi connectivity index (χ3v) is 7.34. The lowest BCUT2D eigenvalue weighted by molar-refractivity contribution is 0.0940. The second kappa shape index (κ2) is 10.7. The predicted octanol–water partition coefficient (Wildman–Crippen LogP) is 6.71. The maximum Gasteiger partial charge on any atom is 0.251 e. The molecule has 0 unspecified atom stereocenters. The average molecular weight is 445 g/mol. The molecule has 1 atom stereocenters. The van der Waals surface area contributed by atoms with Crippen molar-refractivity contribution in [1.29, 1.82) is 0 Å². The highest BCUT2D eigenvalue weighted by Gasteiger charge is 2.17. The van der Waals surface area contributed by atoms with Gasteiger partial charge in [0.05, 0.1) is 6.04 Å². The van der Waals surface area contributed by atoms with Gasteiger partial charge in [-0.15, -0.1) is 11.8 Å². The molecule has 0 radical (unpaired) electrons. The highest BCUT2D eigenvalue weighted by molar-refractivity contribution is 7.98. The van der Waals surface area contributed by atoms with Gasteiger partial charge >= 0.3 is 0 Å². The Balaban J connectivity index is 1.30. The molecule has 0 aliphatic carbocycles. The smallest absolute Gasteiger partial charge is 0.251 e. The molecule has 3 aromatic carbocycles. The molecule has 0 saturated carbocycles. The lowest BCUT2D eigenvalue weighted by Gasteiger charge is -2.32. The van der Waals surface area contributed by atoms with Gasteiger partial charge in [-0.3, -0.25) is 4.79 Å². The first kappa shape index (κ1) is 22.5. The number of rotatable bonds is 7. The summed E-state index contributed by atoms with van der Waals surface area (Å²) in [5.74, 6) is 1.69. The van der Waals surface area contributed by atoms with Crippen LogP contribution in [0.25, 0.3) is 0 Å². The molecule has 4 heteroatoms. The zero-order valence-electron chi connectivity index (χ0n) is 19.0. The number of nitrogens with zero attached hydrogens (tertiary/aromatic N) is 1. The number of thioether (sulfide) groups is 1. The van der Waals surface area contributed by atoms with E-state index in [2.05, 4.69) is 65.7 Å². The van der Waals surface area contributed by atoms with E-state index in [1.807, 2.05) is 37.3 Å². The first-order valence-corrected chi connectivity index (χ1v) is 12.5. The minimum absolute atomic E-state index is 0.0335. The van der Waals surface area contributed by atoms with Crippen molar-refractivity contribution in [1.82, 2.24) is 5.32 Å². The van der Waals surface area contributed by atoms with E-state index in [1.165, 1.54) is 29.0 Å². The number of piperidine rings is 1. The standard InChI is InChI=1S/C28H32N2OS/c1-21-16-18-30(19-17-21)26-14-12-24(13-15-26)22(2)29-28(31)25-10-8-23(9-11-25)20-32-27-6-4-3-5-7-27/h3-15,21-22H,16-20H2,1-2H3,(H,29,31)/t22-/m0/s1. The maximum absolute atomic E-state index is 12.7. The van der Waals surface area contributed by atoms with Crippen LogP contribution < -0.4 is 10.2 Å². The van der Waals surface area contributed by atoms with Crippen LogP contribution in [0.1, 0.15) is 54.2 Å². The Labute approximate surface area is 196 Å². The molecule has 1 aliphatic rings. The fourth-order valence-electron chi connectivity index (χ4n) is 4.04. The van der Waals surface area contributed by atoms with Crippen LogP contribution in [0.15, 0.2) is 83.8 Å². The molecule has 0 aromatic heterocycles. The maximum atomic E-state index is 12.7. The van der Waals surface area contributed by atoms with E-state index in [9.17, 15) is 4.79 Å². The molecule has 0 bridgehead atoms. The van der Waals surface area contributed by atoms with E-state index in [0.29, 0.717) is 5.56 Å². The van der Waals surface area contributed by atoms with Gasteiger partial charge in [-0.1, -0.05) is 49.4 Å². The lowest BCUT2D eigenvalue weighted by atomic mass is 9.98. The van der Waals surface area contributed by atoms with Gasteiger partial charge < -0.3 is 10.2 Å². The molecule has 1 saturated heterocycles. The average Bonchev–Trinajstić information content (AvgIpc) is 2.84. The molecule has 3 nitrogen and oxygen atoms in total. The molecule has 32 heavy (non-hydrogen) atoms. The molecular weight excluding hydrogens is 412 g/mol. The SMILES string of the molecule is CC1CCN(c2ccc([C@H](C)NC(=O)c3ccc(CSc4ccccc4)cc3)cc2)CC1. The number of anilines is 1. The van der Waals surface area contributed by atoms with Crippen molar-refractivity contribution in [3.8, 4) is 0 Å². The minimum atomic E-state index is -0.0359. The summed E-state index contributed by atoms with van der Waals surface area (Å²) in [5.41, 5.74) is 4.32. The van der Waals surface area contributed by atoms with Crippen molar-refractivity contribution >= 4 is 23.4 Å². The molecule has 1 amide bonds. The van der Waals surface area contributed by atoms with Gasteiger partial charge in [-0.25, -0.2) is 0 Å². The number of carbonyl (C=O) groups is 1. The topological polar surface area (TPSA) is 32.3 Å². The van der Waals surface area contributed by atoms with Crippen LogP contribution in [-0.2, 0) is 5.75 Å². The van der Waals surface area contributed by atoms with E-state index in [4.69, 9.17) is 0 Å². The van der Waals surface area contributed by atoms with E-state index < -0.39 is 0 Å². The molecule has 166 valence electrons. The zero-order valence-corrected chi connectivity index (χ0v) is 19.8. The summed E-state index contributed by atoms with van der Waals surface area (Å²) >= 11 is 1.80. The summed E-state index contributed by atoms with van der Waals surface area (Å²) in [7, 11) is 0. The molecule has 1 fully saturated rings. The fraction of sp³-hybridized carbons (Fsp3) is 0.321. The Bertz CT molecular complexity index is 994. The normalized spacial score (nSPS) is 15.4. The van der Waals surface area contributed by atoms with Gasteiger partial charge in [0.25, 0.3) is 5.91 Å². The minimum Gasteiger partial charge on any atom is -0.372 e. The van der Waals surface area contributed by atoms with Crippen LogP contribution >= 0.6 is 11.8 Å². The van der Waals surface area contributed by atoms with Crippen LogP contribution in [0.5, 0.6) is 0 Å². The predicted molar refractivity (Wildman–Crippen MR) is 135 cm³/mol. The largest absolute Gasteiger partial charge is 0.372 e. The summed E-state index contributed by atoms with van der Waals surface area (Å²) in [4.78, 5) is 16.5. The van der Waals surface area contributed by atoms with Crippen molar-refractivity contribution < 1.29 is 4.79 Å². The summed E-state index contributed by atoms with van der Waals surface area (Å²) < 4.78 is 0. The Morgan fingerprint density at radius 1 is 0.969 bits per heavy atom. The summed E-state index contributed by atoms with van der Waals surface area (Å²) in [6.07, 6.45) is 2.52.